The number of benzene rings is 2. The van der Waals surface area contributed by atoms with E-state index in [0.29, 0.717) is 36.9 Å². The van der Waals surface area contributed by atoms with Crippen molar-refractivity contribution in [2.24, 2.45) is 5.92 Å². The third-order valence-electron chi connectivity index (χ3n) is 6.36. The molecule has 2 amide bonds. The fourth-order valence-electron chi connectivity index (χ4n) is 4.63. The van der Waals surface area contributed by atoms with Crippen LogP contribution in [0.3, 0.4) is 0 Å². The predicted octanol–water partition coefficient (Wildman–Crippen LogP) is 2.78. The largest absolute Gasteiger partial charge is 0.345 e. The zero-order valence-electron chi connectivity index (χ0n) is 17.5. The van der Waals surface area contributed by atoms with Crippen molar-refractivity contribution in [1.82, 2.24) is 25.0 Å². The molecule has 2 aromatic carbocycles. The lowest BCUT2D eigenvalue weighted by Gasteiger charge is -2.24. The van der Waals surface area contributed by atoms with Gasteiger partial charge in [0.05, 0.1) is 0 Å². The number of amides is 2. The minimum atomic E-state index is -0.216. The van der Waals surface area contributed by atoms with Crippen LogP contribution in [0.15, 0.2) is 54.6 Å². The molecule has 3 heterocycles. The maximum absolute atomic E-state index is 13.0. The van der Waals surface area contributed by atoms with Gasteiger partial charge in [0.2, 0.25) is 5.82 Å². The van der Waals surface area contributed by atoms with Crippen LogP contribution in [-0.2, 0) is 13.1 Å². The quantitative estimate of drug-likeness (QED) is 0.711. The van der Waals surface area contributed by atoms with E-state index in [0.717, 1.165) is 29.9 Å². The van der Waals surface area contributed by atoms with E-state index in [1.54, 1.807) is 0 Å². The minimum Gasteiger partial charge on any atom is -0.345 e. The standard InChI is InChI=1S/C24H25N5O2/c1-16-7-9-18(10-8-16)24(31)28-14-19-11-12-29-21(20(19)15-28)26-27-22(29)23(30)25-13-17-5-3-2-4-6-17/h2-10,19-20H,11-15H2,1H3,(H,25,30)/t19-,20-/m1/s1. The Hall–Kier alpha value is -3.48. The van der Waals surface area contributed by atoms with Crippen LogP contribution in [0.1, 0.15) is 50.3 Å². The van der Waals surface area contributed by atoms with Crippen LogP contribution < -0.4 is 5.32 Å². The number of hydrogen-bond donors (Lipinski definition) is 1. The van der Waals surface area contributed by atoms with Gasteiger partial charge in [0.15, 0.2) is 0 Å². The van der Waals surface area contributed by atoms with E-state index >= 15 is 0 Å². The molecule has 0 unspecified atom stereocenters. The number of nitrogens with zero attached hydrogens (tertiary/aromatic N) is 4. The fourth-order valence-corrected chi connectivity index (χ4v) is 4.63. The summed E-state index contributed by atoms with van der Waals surface area (Å²) in [4.78, 5) is 27.6. The second-order valence-corrected chi connectivity index (χ2v) is 8.43. The molecule has 7 nitrogen and oxygen atoms in total. The highest BCUT2D eigenvalue weighted by atomic mass is 16.2. The Balaban J connectivity index is 1.30. The fraction of sp³-hybridized carbons (Fsp3) is 0.333. The van der Waals surface area contributed by atoms with Crippen molar-refractivity contribution in [2.75, 3.05) is 13.1 Å². The first kappa shape index (κ1) is 19.5. The molecule has 0 bridgehead atoms. The molecule has 0 radical (unpaired) electrons. The Morgan fingerprint density at radius 1 is 1.03 bits per heavy atom. The Morgan fingerprint density at radius 2 is 1.81 bits per heavy atom. The molecule has 3 aromatic rings. The molecule has 158 valence electrons. The van der Waals surface area contributed by atoms with Gasteiger partial charge >= 0.3 is 0 Å². The van der Waals surface area contributed by atoms with E-state index in [2.05, 4.69) is 15.5 Å². The monoisotopic (exact) mass is 415 g/mol. The summed E-state index contributed by atoms with van der Waals surface area (Å²) in [6.07, 6.45) is 0.909. The summed E-state index contributed by atoms with van der Waals surface area (Å²) >= 11 is 0. The summed E-state index contributed by atoms with van der Waals surface area (Å²) in [6.45, 7) is 4.50. The molecule has 0 spiro atoms. The highest BCUT2D eigenvalue weighted by Crippen LogP contribution is 2.38. The summed E-state index contributed by atoms with van der Waals surface area (Å²) in [5, 5.41) is 11.5. The van der Waals surface area contributed by atoms with Crippen molar-refractivity contribution in [3.8, 4) is 0 Å². The van der Waals surface area contributed by atoms with E-state index in [1.165, 1.54) is 0 Å². The van der Waals surface area contributed by atoms with Crippen molar-refractivity contribution < 1.29 is 9.59 Å². The maximum atomic E-state index is 13.0. The van der Waals surface area contributed by atoms with E-state index in [9.17, 15) is 9.59 Å². The van der Waals surface area contributed by atoms with Crippen LogP contribution in [-0.4, -0.2) is 44.6 Å². The van der Waals surface area contributed by atoms with Gasteiger partial charge in [-0.25, -0.2) is 0 Å². The highest BCUT2D eigenvalue weighted by Gasteiger charge is 2.42. The number of fused-ring (bicyclic) bond motifs is 3. The molecule has 5 rings (SSSR count). The van der Waals surface area contributed by atoms with Gasteiger partial charge in [-0.15, -0.1) is 10.2 Å². The van der Waals surface area contributed by atoms with Gasteiger partial charge in [0, 0.05) is 37.7 Å². The van der Waals surface area contributed by atoms with Crippen LogP contribution in [0, 0.1) is 12.8 Å². The highest BCUT2D eigenvalue weighted by molar-refractivity contribution is 5.94. The van der Waals surface area contributed by atoms with Crippen molar-refractivity contribution >= 4 is 11.8 Å². The first-order valence-corrected chi connectivity index (χ1v) is 10.7. The second kappa shape index (κ2) is 7.98. The number of likely N-dealkylation sites (tertiary alicyclic amines) is 1. The van der Waals surface area contributed by atoms with Gasteiger partial charge < -0.3 is 14.8 Å². The Labute approximate surface area is 181 Å². The Bertz CT molecular complexity index is 1110. The van der Waals surface area contributed by atoms with Crippen molar-refractivity contribution in [1.29, 1.82) is 0 Å². The minimum absolute atomic E-state index is 0.0568. The first-order chi connectivity index (χ1) is 15.1. The lowest BCUT2D eigenvalue weighted by Crippen LogP contribution is -2.30. The topological polar surface area (TPSA) is 80.1 Å². The van der Waals surface area contributed by atoms with Crippen LogP contribution >= 0.6 is 0 Å². The van der Waals surface area contributed by atoms with Gasteiger partial charge in [-0.1, -0.05) is 48.0 Å². The molecule has 2 aliphatic heterocycles. The van der Waals surface area contributed by atoms with Crippen molar-refractivity contribution in [3.05, 3.63) is 82.9 Å². The molecule has 1 fully saturated rings. The van der Waals surface area contributed by atoms with Crippen molar-refractivity contribution in [3.63, 3.8) is 0 Å². The summed E-state index contributed by atoms with van der Waals surface area (Å²) in [5.41, 5.74) is 2.89. The van der Waals surface area contributed by atoms with Gasteiger partial charge in [0.1, 0.15) is 5.82 Å². The van der Waals surface area contributed by atoms with Crippen LogP contribution in [0.2, 0.25) is 0 Å². The second-order valence-electron chi connectivity index (χ2n) is 8.43. The average molecular weight is 415 g/mol. The van der Waals surface area contributed by atoms with E-state index < -0.39 is 0 Å². The van der Waals surface area contributed by atoms with Crippen LogP contribution in [0.4, 0.5) is 0 Å². The summed E-state index contributed by atoms with van der Waals surface area (Å²) < 4.78 is 1.93. The molecule has 2 aliphatic rings. The van der Waals surface area contributed by atoms with E-state index in [4.69, 9.17) is 0 Å². The third kappa shape index (κ3) is 3.71. The lowest BCUT2D eigenvalue weighted by atomic mass is 9.89. The normalized spacial score (nSPS) is 19.6. The van der Waals surface area contributed by atoms with Gasteiger partial charge in [-0.2, -0.15) is 0 Å². The van der Waals surface area contributed by atoms with Gasteiger partial charge in [0.25, 0.3) is 11.8 Å². The predicted molar refractivity (Wildman–Crippen MR) is 116 cm³/mol. The Kier molecular flexibility index (Phi) is 5.02. The maximum Gasteiger partial charge on any atom is 0.289 e. The SMILES string of the molecule is Cc1ccc(C(=O)N2C[C@H]3CCn4c(C(=O)NCc5ccccc5)nnc4[C@@H]3C2)cc1. The van der Waals surface area contributed by atoms with E-state index in [1.807, 2.05) is 71.0 Å². The molecule has 0 aliphatic carbocycles. The molecule has 1 aromatic heterocycles. The zero-order valence-corrected chi connectivity index (χ0v) is 17.5. The third-order valence-corrected chi connectivity index (χ3v) is 6.36. The molecule has 1 N–H and O–H groups in total. The number of carbonyl (C=O) groups excluding carboxylic acids is 2. The Morgan fingerprint density at radius 3 is 2.58 bits per heavy atom. The molecule has 0 saturated carbocycles. The van der Waals surface area contributed by atoms with Crippen molar-refractivity contribution in [2.45, 2.75) is 32.4 Å². The number of carbonyl (C=O) groups is 2. The number of rotatable bonds is 4. The van der Waals surface area contributed by atoms with Crippen LogP contribution in [0.5, 0.6) is 0 Å². The number of aromatic nitrogens is 3. The number of hydrogen-bond acceptors (Lipinski definition) is 4. The molecule has 2 atom stereocenters. The first-order valence-electron chi connectivity index (χ1n) is 10.7. The number of nitrogens with one attached hydrogen (secondary N) is 1. The summed E-state index contributed by atoms with van der Waals surface area (Å²) in [6, 6.07) is 17.5. The lowest BCUT2D eigenvalue weighted by molar-refractivity contribution is 0.0785. The van der Waals surface area contributed by atoms with Gasteiger partial charge in [-0.3, -0.25) is 9.59 Å². The average Bonchev–Trinajstić information content (AvgIpc) is 3.42. The summed E-state index contributed by atoms with van der Waals surface area (Å²) in [5.74, 6) is 1.48. The van der Waals surface area contributed by atoms with Crippen LogP contribution in [0.25, 0.3) is 0 Å². The van der Waals surface area contributed by atoms with E-state index in [-0.39, 0.29) is 17.7 Å². The molecular formula is C24H25N5O2. The molecule has 31 heavy (non-hydrogen) atoms. The van der Waals surface area contributed by atoms with Gasteiger partial charge in [-0.05, 0) is 37.0 Å². The summed E-state index contributed by atoms with van der Waals surface area (Å²) in [7, 11) is 0. The smallest absolute Gasteiger partial charge is 0.289 e. The molecule has 1 saturated heterocycles. The number of aryl methyl sites for hydroxylation is 1. The molecule has 7 heteroatoms. The molecular weight excluding hydrogens is 390 g/mol. The zero-order chi connectivity index (χ0) is 21.4.